The number of likely N-dealkylation sites (N-methyl/N-ethyl adjacent to an activating group) is 1. The van der Waals surface area contributed by atoms with Crippen LogP contribution < -0.4 is 0 Å². The maximum Gasteiger partial charge on any atom is 0.406 e. The number of thiophene rings is 1. The van der Waals surface area contributed by atoms with E-state index < -0.39 is 36.5 Å². The normalized spacial score (nSPS) is 17.9. The monoisotopic (exact) mass is 378 g/mol. The van der Waals surface area contributed by atoms with Crippen molar-refractivity contribution in [2.24, 2.45) is 0 Å². The number of halogens is 3. The molecule has 2 rings (SSSR count). The topological polar surface area (TPSA) is 77.9 Å². The predicted octanol–water partition coefficient (Wildman–Crippen LogP) is 2.30. The van der Waals surface area contributed by atoms with Crippen LogP contribution in [0.15, 0.2) is 0 Å². The van der Waals surface area contributed by atoms with E-state index in [1.807, 2.05) is 0 Å². The zero-order valence-corrected chi connectivity index (χ0v) is 14.6. The summed E-state index contributed by atoms with van der Waals surface area (Å²) < 4.78 is 37.5. The van der Waals surface area contributed by atoms with Crippen molar-refractivity contribution in [2.75, 3.05) is 20.1 Å². The van der Waals surface area contributed by atoms with Crippen LogP contribution in [0.2, 0.25) is 0 Å². The van der Waals surface area contributed by atoms with E-state index in [1.54, 1.807) is 13.8 Å². The zero-order valence-electron chi connectivity index (χ0n) is 13.8. The molecule has 1 N–H and O–H groups in total. The summed E-state index contributed by atoms with van der Waals surface area (Å²) in [7, 11) is 1.31. The Bertz CT molecular complexity index is 729. The largest absolute Gasteiger partial charge is 0.478 e. The quantitative estimate of drug-likeness (QED) is 0.872. The number of hydrogen-bond acceptors (Lipinski definition) is 4. The highest BCUT2D eigenvalue weighted by Gasteiger charge is 2.42. The van der Waals surface area contributed by atoms with E-state index in [9.17, 15) is 32.7 Å². The SMILES string of the molecule is Cc1sc(C)c(C(=O)N(C)C2CCN(CC(F)(F)F)C2=O)c1C(=O)O. The average molecular weight is 378 g/mol. The number of aromatic carboxylic acids is 1. The van der Waals surface area contributed by atoms with Crippen molar-refractivity contribution in [3.05, 3.63) is 20.9 Å². The molecular weight excluding hydrogens is 361 g/mol. The third-order valence-corrected chi connectivity index (χ3v) is 5.14. The minimum Gasteiger partial charge on any atom is -0.478 e. The molecule has 1 aliphatic heterocycles. The van der Waals surface area contributed by atoms with E-state index >= 15 is 0 Å². The molecular formula is C15H17F3N2O4S. The van der Waals surface area contributed by atoms with E-state index in [2.05, 4.69) is 0 Å². The summed E-state index contributed by atoms with van der Waals surface area (Å²) in [6, 6.07) is -1.03. The molecule has 1 fully saturated rings. The number of rotatable bonds is 4. The molecule has 10 heteroatoms. The van der Waals surface area contributed by atoms with Gasteiger partial charge in [-0.3, -0.25) is 9.59 Å². The number of hydrogen-bond donors (Lipinski definition) is 1. The molecule has 25 heavy (non-hydrogen) atoms. The van der Waals surface area contributed by atoms with E-state index in [4.69, 9.17) is 0 Å². The molecule has 1 aliphatic rings. The standard InChI is InChI=1S/C15H17F3N2O4S/c1-7-10(11(14(23)24)8(2)25-7)13(22)19(3)9-4-5-20(12(9)21)6-15(16,17)18/h9H,4-6H2,1-3H3,(H,23,24). The Labute approximate surface area is 145 Å². The van der Waals surface area contributed by atoms with Gasteiger partial charge in [0.2, 0.25) is 5.91 Å². The highest BCUT2D eigenvalue weighted by molar-refractivity contribution is 7.12. The molecule has 0 aliphatic carbocycles. The second kappa shape index (κ2) is 6.66. The lowest BCUT2D eigenvalue weighted by Crippen LogP contribution is -2.45. The summed E-state index contributed by atoms with van der Waals surface area (Å²) in [6.07, 6.45) is -4.44. The zero-order chi connectivity index (χ0) is 19.1. The number of likely N-dealkylation sites (tertiary alicyclic amines) is 1. The Kier molecular flexibility index (Phi) is 5.12. The van der Waals surface area contributed by atoms with Crippen LogP contribution in [0.5, 0.6) is 0 Å². The van der Waals surface area contributed by atoms with Gasteiger partial charge in [0.25, 0.3) is 5.91 Å². The van der Waals surface area contributed by atoms with Crippen LogP contribution >= 0.6 is 11.3 Å². The molecule has 1 aromatic heterocycles. The van der Waals surface area contributed by atoms with Gasteiger partial charge >= 0.3 is 12.1 Å². The number of nitrogens with zero attached hydrogens (tertiary/aromatic N) is 2. The molecule has 2 heterocycles. The summed E-state index contributed by atoms with van der Waals surface area (Å²) >= 11 is 1.15. The fraction of sp³-hybridized carbons (Fsp3) is 0.533. The number of aryl methyl sites for hydroxylation is 2. The molecule has 1 unspecified atom stereocenters. The van der Waals surface area contributed by atoms with E-state index in [0.29, 0.717) is 14.7 Å². The second-order valence-electron chi connectivity index (χ2n) is 5.87. The van der Waals surface area contributed by atoms with Gasteiger partial charge in [-0.05, 0) is 20.3 Å². The Hall–Kier alpha value is -2.10. The summed E-state index contributed by atoms with van der Waals surface area (Å²) in [5.74, 6) is -2.71. The Balaban J connectivity index is 2.25. The Morgan fingerprint density at radius 1 is 1.28 bits per heavy atom. The van der Waals surface area contributed by atoms with Gasteiger partial charge in [0.15, 0.2) is 0 Å². The number of alkyl halides is 3. The van der Waals surface area contributed by atoms with Gasteiger partial charge in [-0.1, -0.05) is 0 Å². The van der Waals surface area contributed by atoms with Crippen molar-refractivity contribution >= 4 is 29.1 Å². The molecule has 1 aromatic rings. The summed E-state index contributed by atoms with van der Waals surface area (Å²) in [5, 5.41) is 9.31. The first-order valence-electron chi connectivity index (χ1n) is 7.40. The fourth-order valence-corrected chi connectivity index (χ4v) is 4.01. The van der Waals surface area contributed by atoms with Crippen molar-refractivity contribution < 1.29 is 32.7 Å². The highest BCUT2D eigenvalue weighted by atomic mass is 32.1. The third kappa shape index (κ3) is 3.78. The number of carboxylic acid groups (broad SMARTS) is 1. The van der Waals surface area contributed by atoms with Crippen LogP contribution in [0.4, 0.5) is 13.2 Å². The first-order chi connectivity index (χ1) is 11.4. The van der Waals surface area contributed by atoms with Crippen molar-refractivity contribution in [3.63, 3.8) is 0 Å². The maximum atomic E-state index is 12.7. The molecule has 0 radical (unpaired) electrons. The van der Waals surface area contributed by atoms with Crippen molar-refractivity contribution in [3.8, 4) is 0 Å². The van der Waals surface area contributed by atoms with Crippen LogP contribution in [0, 0.1) is 13.8 Å². The minimum atomic E-state index is -4.51. The van der Waals surface area contributed by atoms with Gasteiger partial charge in [-0.15, -0.1) is 11.3 Å². The van der Waals surface area contributed by atoms with Gasteiger partial charge in [0.05, 0.1) is 11.1 Å². The van der Waals surface area contributed by atoms with Crippen molar-refractivity contribution in [2.45, 2.75) is 32.5 Å². The van der Waals surface area contributed by atoms with E-state index in [1.165, 1.54) is 7.05 Å². The Morgan fingerprint density at radius 2 is 1.84 bits per heavy atom. The first-order valence-corrected chi connectivity index (χ1v) is 8.21. The lowest BCUT2D eigenvalue weighted by atomic mass is 10.1. The number of carbonyl (C=O) groups excluding carboxylic acids is 2. The summed E-state index contributed by atoms with van der Waals surface area (Å²) in [4.78, 5) is 39.0. The maximum absolute atomic E-state index is 12.7. The van der Waals surface area contributed by atoms with Gasteiger partial charge in [-0.2, -0.15) is 13.2 Å². The lowest BCUT2D eigenvalue weighted by Gasteiger charge is -2.24. The second-order valence-corrected chi connectivity index (χ2v) is 7.29. The summed E-state index contributed by atoms with van der Waals surface area (Å²) in [6.45, 7) is 1.71. The molecule has 0 spiro atoms. The fourth-order valence-electron chi connectivity index (χ4n) is 2.97. The average Bonchev–Trinajstić information content (AvgIpc) is 2.96. The molecule has 0 aromatic carbocycles. The van der Waals surface area contributed by atoms with E-state index in [-0.39, 0.29) is 24.1 Å². The smallest absolute Gasteiger partial charge is 0.406 e. The molecule has 138 valence electrons. The minimum absolute atomic E-state index is 0.0143. The molecule has 2 amide bonds. The molecule has 1 atom stereocenters. The first kappa shape index (κ1) is 19.2. The lowest BCUT2D eigenvalue weighted by molar-refractivity contribution is -0.158. The van der Waals surface area contributed by atoms with E-state index in [0.717, 1.165) is 16.2 Å². The van der Waals surface area contributed by atoms with Crippen LogP contribution in [0.1, 0.15) is 36.9 Å². The van der Waals surface area contributed by atoms with Crippen LogP contribution in [0.25, 0.3) is 0 Å². The van der Waals surface area contributed by atoms with Gasteiger partial charge < -0.3 is 14.9 Å². The highest BCUT2D eigenvalue weighted by Crippen LogP contribution is 2.30. The molecule has 0 bridgehead atoms. The molecule has 6 nitrogen and oxygen atoms in total. The van der Waals surface area contributed by atoms with Crippen molar-refractivity contribution in [1.29, 1.82) is 0 Å². The number of amides is 2. The van der Waals surface area contributed by atoms with Gasteiger partial charge in [0.1, 0.15) is 12.6 Å². The van der Waals surface area contributed by atoms with Crippen LogP contribution in [0.3, 0.4) is 0 Å². The van der Waals surface area contributed by atoms with Crippen LogP contribution in [-0.4, -0.2) is 65.0 Å². The van der Waals surface area contributed by atoms with Gasteiger partial charge in [-0.25, -0.2) is 4.79 Å². The molecule has 1 saturated heterocycles. The van der Waals surface area contributed by atoms with Crippen LogP contribution in [-0.2, 0) is 4.79 Å². The third-order valence-electron chi connectivity index (χ3n) is 4.12. The number of carbonyl (C=O) groups is 3. The molecule has 0 saturated carbocycles. The van der Waals surface area contributed by atoms with Gasteiger partial charge in [0, 0.05) is 23.3 Å². The predicted molar refractivity (Wildman–Crippen MR) is 83.9 cm³/mol. The summed E-state index contributed by atoms with van der Waals surface area (Å²) in [5.41, 5.74) is -0.142. The van der Waals surface area contributed by atoms with Crippen molar-refractivity contribution in [1.82, 2.24) is 9.80 Å². The number of carboxylic acids is 1. The Morgan fingerprint density at radius 3 is 2.36 bits per heavy atom.